The van der Waals surface area contributed by atoms with Crippen molar-refractivity contribution in [1.29, 1.82) is 0 Å². The molecule has 5 rings (SSSR count). The molecule has 2 saturated heterocycles. The third kappa shape index (κ3) is 3.78. The molecule has 0 bridgehead atoms. The average molecular weight is 439 g/mol. The number of carbonyl (C=O) groups is 1. The number of non-ortho nitro benzene ring substituents is 1. The first-order valence-corrected chi connectivity index (χ1v) is 11.2. The van der Waals surface area contributed by atoms with Crippen LogP contribution in [0.25, 0.3) is 10.3 Å². The Morgan fingerprint density at radius 1 is 1.03 bits per heavy atom. The summed E-state index contributed by atoms with van der Waals surface area (Å²) in [5.41, 5.74) is 2.06. The summed E-state index contributed by atoms with van der Waals surface area (Å²) in [7, 11) is 0. The second-order valence-corrected chi connectivity index (χ2v) is 8.71. The van der Waals surface area contributed by atoms with Crippen LogP contribution in [0.15, 0.2) is 36.5 Å². The lowest BCUT2D eigenvalue weighted by atomic mass is 10.1. The van der Waals surface area contributed by atoms with Gasteiger partial charge < -0.3 is 14.7 Å². The molecule has 10 heteroatoms. The summed E-state index contributed by atoms with van der Waals surface area (Å²) in [6.07, 6.45) is 3.90. The van der Waals surface area contributed by atoms with Crippen molar-refractivity contribution in [2.45, 2.75) is 12.8 Å². The number of aromatic nitrogens is 2. The third-order valence-electron chi connectivity index (χ3n) is 5.86. The summed E-state index contributed by atoms with van der Waals surface area (Å²) in [4.78, 5) is 40.3. The van der Waals surface area contributed by atoms with Gasteiger partial charge >= 0.3 is 0 Å². The van der Waals surface area contributed by atoms with Gasteiger partial charge in [0.05, 0.1) is 16.2 Å². The predicted molar refractivity (Wildman–Crippen MR) is 120 cm³/mol. The van der Waals surface area contributed by atoms with E-state index in [0.717, 1.165) is 47.1 Å². The van der Waals surface area contributed by atoms with E-state index in [4.69, 9.17) is 0 Å². The highest BCUT2D eigenvalue weighted by Gasteiger charge is 2.28. The maximum Gasteiger partial charge on any atom is 0.270 e. The molecule has 3 aromatic rings. The summed E-state index contributed by atoms with van der Waals surface area (Å²) in [5.74, 6) is -0.142. The number of nitrogens with zero attached hydrogens (tertiary/aromatic N) is 6. The van der Waals surface area contributed by atoms with Crippen molar-refractivity contribution < 1.29 is 9.72 Å². The lowest BCUT2D eigenvalue weighted by Gasteiger charge is -2.35. The number of rotatable bonds is 4. The van der Waals surface area contributed by atoms with E-state index in [1.165, 1.54) is 12.1 Å². The number of hydrogen-bond donors (Lipinski definition) is 0. The van der Waals surface area contributed by atoms with Gasteiger partial charge in [-0.2, -0.15) is 0 Å². The molecule has 0 radical (unpaired) electrons. The number of nitro benzene ring substituents is 1. The van der Waals surface area contributed by atoms with Gasteiger partial charge in [-0.15, -0.1) is 0 Å². The van der Waals surface area contributed by atoms with E-state index in [1.54, 1.807) is 28.5 Å². The largest absolute Gasteiger partial charge is 0.371 e. The van der Waals surface area contributed by atoms with E-state index in [1.807, 2.05) is 12.1 Å². The van der Waals surface area contributed by atoms with Gasteiger partial charge in [-0.05, 0) is 31.0 Å². The third-order valence-corrected chi connectivity index (χ3v) is 6.90. The van der Waals surface area contributed by atoms with Gasteiger partial charge in [-0.25, -0.2) is 9.97 Å². The number of amides is 1. The van der Waals surface area contributed by atoms with Crippen molar-refractivity contribution >= 4 is 44.1 Å². The minimum absolute atomic E-state index is 0.0492. The van der Waals surface area contributed by atoms with E-state index < -0.39 is 4.92 Å². The maximum absolute atomic E-state index is 13.4. The quantitative estimate of drug-likeness (QED) is 0.456. The molecular weight excluding hydrogens is 416 g/mol. The molecule has 4 heterocycles. The molecule has 1 aromatic carbocycles. The summed E-state index contributed by atoms with van der Waals surface area (Å²) in [5, 5.41) is 12.2. The molecule has 1 amide bonds. The molecular formula is C21H22N6O3S. The zero-order valence-electron chi connectivity index (χ0n) is 16.9. The molecule has 2 aliphatic heterocycles. The first-order valence-electron chi connectivity index (χ1n) is 10.4. The fraction of sp³-hybridized carbons (Fsp3) is 0.381. The van der Waals surface area contributed by atoms with E-state index >= 15 is 0 Å². The Bertz CT molecular complexity index is 1100. The fourth-order valence-corrected chi connectivity index (χ4v) is 5.17. The van der Waals surface area contributed by atoms with E-state index in [-0.39, 0.29) is 11.6 Å². The number of nitro groups is 1. The van der Waals surface area contributed by atoms with Crippen LogP contribution in [0.1, 0.15) is 23.2 Å². The average Bonchev–Trinajstić information content (AvgIpc) is 3.48. The predicted octanol–water partition coefficient (Wildman–Crippen LogP) is 3.16. The summed E-state index contributed by atoms with van der Waals surface area (Å²) >= 11 is 1.55. The Hall–Kier alpha value is -3.27. The highest BCUT2D eigenvalue weighted by atomic mass is 32.1. The Morgan fingerprint density at radius 3 is 2.52 bits per heavy atom. The fourth-order valence-electron chi connectivity index (χ4n) is 4.21. The Balaban J connectivity index is 1.35. The topological polar surface area (TPSA) is 95.7 Å². The molecule has 2 fully saturated rings. The first-order chi connectivity index (χ1) is 15.1. The Kier molecular flexibility index (Phi) is 5.14. The van der Waals surface area contributed by atoms with Crippen LogP contribution in [0, 0.1) is 10.1 Å². The lowest BCUT2D eigenvalue weighted by Crippen LogP contribution is -2.49. The highest BCUT2D eigenvalue weighted by Crippen LogP contribution is 2.31. The molecule has 0 N–H and O–H groups in total. The molecule has 0 saturated carbocycles. The van der Waals surface area contributed by atoms with Crippen molar-refractivity contribution in [1.82, 2.24) is 14.9 Å². The Morgan fingerprint density at radius 2 is 1.81 bits per heavy atom. The van der Waals surface area contributed by atoms with Crippen molar-refractivity contribution in [3.05, 3.63) is 52.2 Å². The molecule has 0 aliphatic carbocycles. The van der Waals surface area contributed by atoms with Crippen molar-refractivity contribution in [3.63, 3.8) is 0 Å². The van der Waals surface area contributed by atoms with Crippen molar-refractivity contribution in [3.8, 4) is 0 Å². The van der Waals surface area contributed by atoms with Crippen molar-refractivity contribution in [2.24, 2.45) is 0 Å². The van der Waals surface area contributed by atoms with Crippen LogP contribution in [0.2, 0.25) is 0 Å². The van der Waals surface area contributed by atoms with Gasteiger partial charge in [0, 0.05) is 57.6 Å². The smallest absolute Gasteiger partial charge is 0.270 e. The number of piperazine rings is 1. The van der Waals surface area contributed by atoms with Gasteiger partial charge in [0.2, 0.25) is 0 Å². The minimum atomic E-state index is -0.441. The number of thiazole rings is 1. The molecule has 0 unspecified atom stereocenters. The van der Waals surface area contributed by atoms with Gasteiger partial charge in [0.25, 0.3) is 11.6 Å². The monoisotopic (exact) mass is 438 g/mol. The van der Waals surface area contributed by atoms with Crippen LogP contribution < -0.4 is 9.80 Å². The molecule has 2 aromatic heterocycles. The number of anilines is 2. The van der Waals surface area contributed by atoms with Crippen LogP contribution in [-0.4, -0.2) is 65.0 Å². The van der Waals surface area contributed by atoms with E-state index in [9.17, 15) is 14.9 Å². The van der Waals surface area contributed by atoms with Crippen LogP contribution >= 0.6 is 11.3 Å². The van der Waals surface area contributed by atoms with Crippen molar-refractivity contribution in [2.75, 3.05) is 49.1 Å². The van der Waals surface area contributed by atoms with Gasteiger partial charge in [0.1, 0.15) is 10.3 Å². The van der Waals surface area contributed by atoms with Gasteiger partial charge in [0.15, 0.2) is 5.13 Å². The number of carbonyl (C=O) groups excluding carboxylic acids is 1. The van der Waals surface area contributed by atoms with E-state index in [0.29, 0.717) is 31.7 Å². The van der Waals surface area contributed by atoms with Crippen LogP contribution in [0.3, 0.4) is 0 Å². The molecule has 160 valence electrons. The maximum atomic E-state index is 13.4. The number of pyridine rings is 1. The lowest BCUT2D eigenvalue weighted by molar-refractivity contribution is -0.384. The molecule has 2 aliphatic rings. The first kappa shape index (κ1) is 19.7. The second-order valence-electron chi connectivity index (χ2n) is 7.76. The van der Waals surface area contributed by atoms with Gasteiger partial charge in [-0.3, -0.25) is 14.9 Å². The summed E-state index contributed by atoms with van der Waals surface area (Å²) in [6.45, 7) is 4.17. The van der Waals surface area contributed by atoms with Crippen LogP contribution in [-0.2, 0) is 0 Å². The molecule has 9 nitrogen and oxygen atoms in total. The second kappa shape index (κ2) is 8.10. The molecule has 0 spiro atoms. The van der Waals surface area contributed by atoms with E-state index in [2.05, 4.69) is 19.8 Å². The zero-order valence-corrected chi connectivity index (χ0v) is 17.8. The standard InChI is InChI=1S/C21H22N6O3S/c28-20(16-14-15(27(29)30)5-6-18(16)24-8-1-2-9-24)25-10-12-26(13-11-25)21-23-17-4-3-7-22-19(17)31-21/h3-7,14H,1-2,8-13H2. The highest BCUT2D eigenvalue weighted by molar-refractivity contribution is 7.21. The summed E-state index contributed by atoms with van der Waals surface area (Å²) in [6, 6.07) is 8.47. The number of fused-ring (bicyclic) bond motifs is 1. The SMILES string of the molecule is O=C(c1cc([N+](=O)[O-])ccc1N1CCCC1)N1CCN(c2nc3cccnc3s2)CC1. The number of benzene rings is 1. The normalized spacial score (nSPS) is 16.8. The molecule has 31 heavy (non-hydrogen) atoms. The minimum Gasteiger partial charge on any atom is -0.371 e. The Labute approximate surface area is 183 Å². The zero-order chi connectivity index (χ0) is 21.4. The van der Waals surface area contributed by atoms with Crippen LogP contribution in [0.5, 0.6) is 0 Å². The summed E-state index contributed by atoms with van der Waals surface area (Å²) < 4.78 is 0. The van der Waals surface area contributed by atoms with Crippen LogP contribution in [0.4, 0.5) is 16.5 Å². The van der Waals surface area contributed by atoms with Gasteiger partial charge in [-0.1, -0.05) is 11.3 Å². The molecule has 0 atom stereocenters. The number of hydrogen-bond acceptors (Lipinski definition) is 8.